The molecule has 0 bridgehead atoms. The van der Waals surface area contributed by atoms with Gasteiger partial charge in [-0.3, -0.25) is 9.69 Å². The lowest BCUT2D eigenvalue weighted by Crippen LogP contribution is -2.42. The molecule has 4 nitrogen and oxygen atoms in total. The summed E-state index contributed by atoms with van der Waals surface area (Å²) >= 11 is 0. The molecule has 19 heavy (non-hydrogen) atoms. The molecular formula is C14H18FN3O. The summed E-state index contributed by atoms with van der Waals surface area (Å²) in [7, 11) is 0. The summed E-state index contributed by atoms with van der Waals surface area (Å²) < 4.78 is 13.0. The first kappa shape index (κ1) is 12.4. The van der Waals surface area contributed by atoms with E-state index in [1.54, 1.807) is 0 Å². The number of rotatable bonds is 2. The largest absolute Gasteiger partial charge is 0.398 e. The Bertz CT molecular complexity index is 505. The molecule has 102 valence electrons. The predicted octanol–water partition coefficient (Wildman–Crippen LogP) is 1.37. The van der Waals surface area contributed by atoms with E-state index in [4.69, 9.17) is 5.73 Å². The highest BCUT2D eigenvalue weighted by Crippen LogP contribution is 2.28. The molecule has 2 fully saturated rings. The Kier molecular flexibility index (Phi) is 3.14. The summed E-state index contributed by atoms with van der Waals surface area (Å²) in [5, 5.41) is 3.04. The molecule has 3 rings (SSSR count). The predicted molar refractivity (Wildman–Crippen MR) is 71.3 cm³/mol. The van der Waals surface area contributed by atoms with Crippen molar-refractivity contribution in [3.63, 3.8) is 0 Å². The van der Waals surface area contributed by atoms with E-state index in [9.17, 15) is 9.18 Å². The standard InChI is InChI=1S/C14H18FN3O/c15-9-3-4-10(11(16)8-9)14(19)17-12-5-7-18-6-1-2-13(12)18/h3-4,8,12-13H,1-2,5-7,16H2,(H,17,19). The summed E-state index contributed by atoms with van der Waals surface area (Å²) in [5.41, 5.74) is 6.24. The van der Waals surface area contributed by atoms with Crippen LogP contribution in [0.5, 0.6) is 0 Å². The van der Waals surface area contributed by atoms with Crippen LogP contribution in [0.2, 0.25) is 0 Å². The van der Waals surface area contributed by atoms with Crippen molar-refractivity contribution in [3.8, 4) is 0 Å². The fourth-order valence-electron chi connectivity index (χ4n) is 3.24. The van der Waals surface area contributed by atoms with Crippen molar-refractivity contribution in [1.82, 2.24) is 10.2 Å². The van der Waals surface area contributed by atoms with E-state index >= 15 is 0 Å². The number of benzene rings is 1. The monoisotopic (exact) mass is 263 g/mol. The molecule has 2 unspecified atom stereocenters. The Morgan fingerprint density at radius 3 is 3.00 bits per heavy atom. The minimum atomic E-state index is -0.420. The van der Waals surface area contributed by atoms with Crippen molar-refractivity contribution < 1.29 is 9.18 Å². The van der Waals surface area contributed by atoms with Crippen LogP contribution in [0.15, 0.2) is 18.2 Å². The molecule has 0 aromatic heterocycles. The van der Waals surface area contributed by atoms with Crippen LogP contribution in [0.25, 0.3) is 0 Å². The molecular weight excluding hydrogens is 245 g/mol. The van der Waals surface area contributed by atoms with E-state index in [-0.39, 0.29) is 17.6 Å². The average Bonchev–Trinajstić information content (AvgIpc) is 2.94. The zero-order valence-electron chi connectivity index (χ0n) is 10.7. The summed E-state index contributed by atoms with van der Waals surface area (Å²) in [4.78, 5) is 14.6. The number of amides is 1. The zero-order chi connectivity index (χ0) is 13.4. The molecule has 1 aromatic carbocycles. The first-order valence-electron chi connectivity index (χ1n) is 6.75. The Hall–Kier alpha value is -1.62. The molecule has 0 radical (unpaired) electrons. The van der Waals surface area contributed by atoms with Crippen LogP contribution in [0.1, 0.15) is 29.6 Å². The molecule has 3 N–H and O–H groups in total. The number of nitrogens with two attached hydrogens (primary N) is 1. The molecule has 2 aliphatic heterocycles. The van der Waals surface area contributed by atoms with Gasteiger partial charge >= 0.3 is 0 Å². The van der Waals surface area contributed by atoms with Crippen molar-refractivity contribution in [2.24, 2.45) is 0 Å². The second-order valence-electron chi connectivity index (χ2n) is 5.35. The number of nitrogens with one attached hydrogen (secondary N) is 1. The molecule has 2 aliphatic rings. The van der Waals surface area contributed by atoms with Gasteiger partial charge in [0.25, 0.3) is 5.91 Å². The van der Waals surface area contributed by atoms with Gasteiger partial charge in [-0.2, -0.15) is 0 Å². The van der Waals surface area contributed by atoms with Gasteiger partial charge in [0, 0.05) is 24.3 Å². The molecule has 1 aromatic rings. The Morgan fingerprint density at radius 1 is 1.37 bits per heavy atom. The number of halogens is 1. The van der Waals surface area contributed by atoms with Gasteiger partial charge in [-0.25, -0.2) is 4.39 Å². The lowest BCUT2D eigenvalue weighted by Gasteiger charge is -2.21. The van der Waals surface area contributed by atoms with Gasteiger partial charge < -0.3 is 11.1 Å². The maximum atomic E-state index is 13.0. The SMILES string of the molecule is Nc1cc(F)ccc1C(=O)NC1CCN2CCCC12. The van der Waals surface area contributed by atoms with Gasteiger partial charge in [0.2, 0.25) is 0 Å². The smallest absolute Gasteiger partial charge is 0.253 e. The van der Waals surface area contributed by atoms with E-state index in [1.165, 1.54) is 24.6 Å². The van der Waals surface area contributed by atoms with E-state index < -0.39 is 5.82 Å². The molecule has 5 heteroatoms. The molecule has 2 atom stereocenters. The summed E-state index contributed by atoms with van der Waals surface area (Å²) in [6.07, 6.45) is 3.33. The average molecular weight is 263 g/mol. The van der Waals surface area contributed by atoms with Crippen molar-refractivity contribution in [2.45, 2.75) is 31.3 Å². The Balaban J connectivity index is 1.71. The number of hydrogen-bond acceptors (Lipinski definition) is 3. The Labute approximate surface area is 111 Å². The summed E-state index contributed by atoms with van der Waals surface area (Å²) in [5.74, 6) is -0.617. The maximum Gasteiger partial charge on any atom is 0.253 e. The van der Waals surface area contributed by atoms with Crippen molar-refractivity contribution in [3.05, 3.63) is 29.6 Å². The van der Waals surface area contributed by atoms with Crippen molar-refractivity contribution >= 4 is 11.6 Å². The number of anilines is 1. The number of carbonyl (C=O) groups is 1. The van der Waals surface area contributed by atoms with Gasteiger partial charge in [-0.15, -0.1) is 0 Å². The molecule has 0 saturated carbocycles. The molecule has 2 heterocycles. The van der Waals surface area contributed by atoms with Gasteiger partial charge in [-0.1, -0.05) is 0 Å². The zero-order valence-corrected chi connectivity index (χ0v) is 10.7. The van der Waals surface area contributed by atoms with Crippen LogP contribution in [0, 0.1) is 5.82 Å². The topological polar surface area (TPSA) is 58.4 Å². The third-order valence-electron chi connectivity index (χ3n) is 4.18. The highest BCUT2D eigenvalue weighted by atomic mass is 19.1. The van der Waals surface area contributed by atoms with Crippen molar-refractivity contribution in [1.29, 1.82) is 0 Å². The number of fused-ring (bicyclic) bond motifs is 1. The molecule has 0 spiro atoms. The van der Waals surface area contributed by atoms with Crippen LogP contribution in [0.4, 0.5) is 10.1 Å². The summed E-state index contributed by atoms with van der Waals surface area (Å²) in [6.45, 7) is 2.18. The van der Waals surface area contributed by atoms with E-state index in [0.717, 1.165) is 25.9 Å². The van der Waals surface area contributed by atoms with Crippen LogP contribution in [-0.4, -0.2) is 36.0 Å². The third kappa shape index (κ3) is 2.30. The number of carbonyl (C=O) groups excluding carboxylic acids is 1. The van der Waals surface area contributed by atoms with Gasteiger partial charge in [0.1, 0.15) is 5.82 Å². The van der Waals surface area contributed by atoms with Gasteiger partial charge in [-0.05, 0) is 44.0 Å². The maximum absolute atomic E-state index is 13.0. The van der Waals surface area contributed by atoms with Crippen molar-refractivity contribution in [2.75, 3.05) is 18.8 Å². The lowest BCUT2D eigenvalue weighted by molar-refractivity contribution is 0.0930. The van der Waals surface area contributed by atoms with Gasteiger partial charge in [0.05, 0.1) is 5.56 Å². The van der Waals surface area contributed by atoms with E-state index in [0.29, 0.717) is 11.6 Å². The van der Waals surface area contributed by atoms with E-state index in [2.05, 4.69) is 10.2 Å². The first-order valence-corrected chi connectivity index (χ1v) is 6.75. The number of nitrogens with zero attached hydrogens (tertiary/aromatic N) is 1. The van der Waals surface area contributed by atoms with Gasteiger partial charge in [0.15, 0.2) is 0 Å². The number of nitrogen functional groups attached to an aromatic ring is 1. The Morgan fingerprint density at radius 2 is 2.21 bits per heavy atom. The molecule has 1 amide bonds. The quantitative estimate of drug-likeness (QED) is 0.792. The highest BCUT2D eigenvalue weighted by molar-refractivity contribution is 5.99. The highest BCUT2D eigenvalue weighted by Gasteiger charge is 2.37. The fraction of sp³-hybridized carbons (Fsp3) is 0.500. The third-order valence-corrected chi connectivity index (χ3v) is 4.18. The van der Waals surface area contributed by atoms with E-state index in [1.807, 2.05) is 0 Å². The first-order chi connectivity index (χ1) is 9.15. The normalized spacial score (nSPS) is 26.4. The van der Waals surface area contributed by atoms with Crippen LogP contribution in [0.3, 0.4) is 0 Å². The number of hydrogen-bond donors (Lipinski definition) is 2. The second kappa shape index (κ2) is 4.81. The second-order valence-corrected chi connectivity index (χ2v) is 5.35. The van der Waals surface area contributed by atoms with Crippen LogP contribution in [-0.2, 0) is 0 Å². The van der Waals surface area contributed by atoms with Crippen LogP contribution < -0.4 is 11.1 Å². The minimum Gasteiger partial charge on any atom is -0.398 e. The minimum absolute atomic E-state index is 0.193. The summed E-state index contributed by atoms with van der Waals surface area (Å²) in [6, 6.07) is 4.55. The lowest BCUT2D eigenvalue weighted by atomic mass is 10.1. The fourth-order valence-corrected chi connectivity index (χ4v) is 3.24. The molecule has 2 saturated heterocycles. The molecule has 0 aliphatic carbocycles. The van der Waals surface area contributed by atoms with Crippen LogP contribution >= 0.6 is 0 Å².